The summed E-state index contributed by atoms with van der Waals surface area (Å²) >= 11 is 0. The maximum atomic E-state index is 12.9. The predicted molar refractivity (Wildman–Crippen MR) is 102 cm³/mol. The zero-order chi connectivity index (χ0) is 20.4. The van der Waals surface area contributed by atoms with Crippen molar-refractivity contribution in [3.8, 4) is 11.5 Å². The van der Waals surface area contributed by atoms with Crippen LogP contribution in [0.4, 0.5) is 4.39 Å². The van der Waals surface area contributed by atoms with Gasteiger partial charge in [-0.05, 0) is 49.2 Å². The molecule has 0 unspecified atom stereocenters. The molecular weight excluding hydrogens is 365 g/mol. The van der Waals surface area contributed by atoms with Gasteiger partial charge in [-0.2, -0.15) is 0 Å². The fourth-order valence-electron chi connectivity index (χ4n) is 2.30. The van der Waals surface area contributed by atoms with E-state index in [4.69, 9.17) is 14.2 Å². The largest absolute Gasteiger partial charge is 0.490 e. The van der Waals surface area contributed by atoms with Gasteiger partial charge in [0.05, 0.1) is 18.8 Å². The molecule has 1 N–H and O–H groups in total. The molecule has 0 heterocycles. The fourth-order valence-corrected chi connectivity index (χ4v) is 2.30. The SMILES string of the molecule is CCCOc1ccc(C(=O)OCC(=O)NCc2ccc(F)cc2)cc1OCC. The van der Waals surface area contributed by atoms with Gasteiger partial charge < -0.3 is 19.5 Å². The van der Waals surface area contributed by atoms with E-state index < -0.39 is 18.5 Å². The van der Waals surface area contributed by atoms with E-state index in [1.165, 1.54) is 18.2 Å². The Labute approximate surface area is 163 Å². The second-order valence-corrected chi connectivity index (χ2v) is 5.92. The predicted octanol–water partition coefficient (Wildman–Crippen LogP) is 3.49. The first-order valence-electron chi connectivity index (χ1n) is 9.11. The Bertz CT molecular complexity index is 792. The molecule has 6 nitrogen and oxygen atoms in total. The number of rotatable bonds is 10. The third-order valence-corrected chi connectivity index (χ3v) is 3.68. The van der Waals surface area contributed by atoms with Crippen LogP contribution in [0.15, 0.2) is 42.5 Å². The Morgan fingerprint density at radius 3 is 2.43 bits per heavy atom. The number of ether oxygens (including phenoxy) is 3. The summed E-state index contributed by atoms with van der Waals surface area (Å²) in [5.41, 5.74) is 1.00. The molecule has 0 aliphatic carbocycles. The highest BCUT2D eigenvalue weighted by Crippen LogP contribution is 2.29. The van der Waals surface area contributed by atoms with Gasteiger partial charge in [0.1, 0.15) is 5.82 Å². The lowest BCUT2D eigenvalue weighted by Crippen LogP contribution is -2.28. The van der Waals surface area contributed by atoms with Gasteiger partial charge in [0.25, 0.3) is 5.91 Å². The molecule has 2 aromatic rings. The first-order valence-corrected chi connectivity index (χ1v) is 9.11. The lowest BCUT2D eigenvalue weighted by molar-refractivity contribution is -0.124. The summed E-state index contributed by atoms with van der Waals surface area (Å²) in [6.45, 7) is 4.59. The van der Waals surface area contributed by atoms with Gasteiger partial charge in [-0.15, -0.1) is 0 Å². The molecule has 0 bridgehead atoms. The summed E-state index contributed by atoms with van der Waals surface area (Å²) in [4.78, 5) is 24.1. The molecule has 0 fully saturated rings. The molecule has 0 radical (unpaired) electrons. The number of carbonyl (C=O) groups is 2. The molecule has 0 saturated heterocycles. The van der Waals surface area contributed by atoms with Crippen molar-refractivity contribution in [3.63, 3.8) is 0 Å². The Morgan fingerprint density at radius 2 is 1.75 bits per heavy atom. The summed E-state index contributed by atoms with van der Waals surface area (Å²) in [6.07, 6.45) is 0.850. The van der Waals surface area contributed by atoms with Crippen LogP contribution >= 0.6 is 0 Å². The van der Waals surface area contributed by atoms with Crippen molar-refractivity contribution >= 4 is 11.9 Å². The lowest BCUT2D eigenvalue weighted by Gasteiger charge is -2.13. The van der Waals surface area contributed by atoms with Crippen LogP contribution in [-0.4, -0.2) is 31.7 Å². The molecule has 2 aromatic carbocycles. The molecule has 0 spiro atoms. The summed E-state index contributed by atoms with van der Waals surface area (Å²) < 4.78 is 29.0. The van der Waals surface area contributed by atoms with Crippen LogP contribution in [0, 0.1) is 5.82 Å². The summed E-state index contributed by atoms with van der Waals surface area (Å²) in [7, 11) is 0. The molecule has 0 saturated carbocycles. The Hall–Kier alpha value is -3.09. The minimum Gasteiger partial charge on any atom is -0.490 e. The smallest absolute Gasteiger partial charge is 0.338 e. The average Bonchev–Trinajstić information content (AvgIpc) is 2.70. The van der Waals surface area contributed by atoms with Crippen molar-refractivity contribution in [1.29, 1.82) is 0 Å². The molecule has 28 heavy (non-hydrogen) atoms. The van der Waals surface area contributed by atoms with Gasteiger partial charge in [0, 0.05) is 6.54 Å². The monoisotopic (exact) mass is 389 g/mol. The third-order valence-electron chi connectivity index (χ3n) is 3.68. The lowest BCUT2D eigenvalue weighted by atomic mass is 10.2. The molecule has 1 amide bonds. The highest BCUT2D eigenvalue weighted by atomic mass is 19.1. The van der Waals surface area contributed by atoms with Crippen LogP contribution in [0.25, 0.3) is 0 Å². The van der Waals surface area contributed by atoms with E-state index in [-0.39, 0.29) is 17.9 Å². The standard InChI is InChI=1S/C21H24FNO5/c1-3-11-27-18-10-7-16(12-19(18)26-4-2)21(25)28-14-20(24)23-13-15-5-8-17(22)9-6-15/h5-10,12H,3-4,11,13-14H2,1-2H3,(H,23,24). The van der Waals surface area contributed by atoms with Crippen molar-refractivity contribution in [2.75, 3.05) is 19.8 Å². The van der Waals surface area contributed by atoms with Crippen LogP contribution in [0.1, 0.15) is 36.2 Å². The minimum absolute atomic E-state index is 0.217. The van der Waals surface area contributed by atoms with E-state index in [0.29, 0.717) is 24.7 Å². The highest BCUT2D eigenvalue weighted by molar-refractivity contribution is 5.92. The zero-order valence-electron chi connectivity index (χ0n) is 16.0. The molecule has 150 valence electrons. The van der Waals surface area contributed by atoms with E-state index in [0.717, 1.165) is 12.0 Å². The first kappa shape index (κ1) is 21.2. The number of esters is 1. The molecular formula is C21H24FNO5. The van der Waals surface area contributed by atoms with Crippen molar-refractivity contribution < 1.29 is 28.2 Å². The van der Waals surface area contributed by atoms with Gasteiger partial charge in [-0.3, -0.25) is 4.79 Å². The van der Waals surface area contributed by atoms with Crippen molar-refractivity contribution in [1.82, 2.24) is 5.32 Å². The molecule has 2 rings (SSSR count). The van der Waals surface area contributed by atoms with E-state index in [9.17, 15) is 14.0 Å². The normalized spacial score (nSPS) is 10.2. The summed E-state index contributed by atoms with van der Waals surface area (Å²) in [5.74, 6) is -0.435. The van der Waals surface area contributed by atoms with Crippen LogP contribution in [-0.2, 0) is 16.1 Å². The number of amides is 1. The second-order valence-electron chi connectivity index (χ2n) is 5.92. The first-order chi connectivity index (χ1) is 13.5. The molecule has 0 aliphatic rings. The van der Waals surface area contributed by atoms with Gasteiger partial charge in [-0.25, -0.2) is 9.18 Å². The van der Waals surface area contributed by atoms with Crippen LogP contribution in [0.3, 0.4) is 0 Å². The molecule has 0 aromatic heterocycles. The van der Waals surface area contributed by atoms with Crippen molar-refractivity contribution in [2.24, 2.45) is 0 Å². The van der Waals surface area contributed by atoms with Crippen molar-refractivity contribution in [2.45, 2.75) is 26.8 Å². The van der Waals surface area contributed by atoms with Gasteiger partial charge in [0.2, 0.25) is 0 Å². The van der Waals surface area contributed by atoms with E-state index in [2.05, 4.69) is 5.32 Å². The maximum absolute atomic E-state index is 12.9. The Kier molecular flexibility index (Phi) is 8.27. The third kappa shape index (κ3) is 6.57. The number of halogens is 1. The van der Waals surface area contributed by atoms with Crippen molar-refractivity contribution in [3.05, 3.63) is 59.4 Å². The maximum Gasteiger partial charge on any atom is 0.338 e. The minimum atomic E-state index is -0.639. The molecule has 0 aliphatic heterocycles. The van der Waals surface area contributed by atoms with E-state index >= 15 is 0 Å². The van der Waals surface area contributed by atoms with Crippen LogP contribution < -0.4 is 14.8 Å². The topological polar surface area (TPSA) is 73.9 Å². The number of benzene rings is 2. The second kappa shape index (κ2) is 10.9. The van der Waals surface area contributed by atoms with Crippen LogP contribution in [0.5, 0.6) is 11.5 Å². The fraction of sp³-hybridized carbons (Fsp3) is 0.333. The number of hydrogen-bond acceptors (Lipinski definition) is 5. The quantitative estimate of drug-likeness (QED) is 0.630. The number of carbonyl (C=O) groups excluding carboxylic acids is 2. The summed E-state index contributed by atoms with van der Waals surface area (Å²) in [5, 5.41) is 2.61. The van der Waals surface area contributed by atoms with E-state index in [1.807, 2.05) is 13.8 Å². The van der Waals surface area contributed by atoms with Gasteiger partial charge >= 0.3 is 5.97 Å². The van der Waals surface area contributed by atoms with E-state index in [1.54, 1.807) is 24.3 Å². The van der Waals surface area contributed by atoms with Gasteiger partial charge in [-0.1, -0.05) is 19.1 Å². The summed E-state index contributed by atoms with van der Waals surface area (Å²) in [6, 6.07) is 10.5. The Balaban J connectivity index is 1.88. The Morgan fingerprint density at radius 1 is 1.00 bits per heavy atom. The number of nitrogens with one attached hydrogen (secondary N) is 1. The molecule has 0 atom stereocenters. The molecule has 7 heteroatoms. The van der Waals surface area contributed by atoms with Crippen LogP contribution in [0.2, 0.25) is 0 Å². The highest BCUT2D eigenvalue weighted by Gasteiger charge is 2.14. The zero-order valence-corrected chi connectivity index (χ0v) is 16.0. The van der Waals surface area contributed by atoms with Gasteiger partial charge in [0.15, 0.2) is 18.1 Å². The number of hydrogen-bond donors (Lipinski definition) is 1. The average molecular weight is 389 g/mol.